The fourth-order valence-corrected chi connectivity index (χ4v) is 4.04. The highest BCUT2D eigenvalue weighted by atomic mass is 32.2. The van der Waals surface area contributed by atoms with Gasteiger partial charge in [-0.05, 0) is 54.1 Å². The van der Waals surface area contributed by atoms with E-state index in [2.05, 4.69) is 4.72 Å². The summed E-state index contributed by atoms with van der Waals surface area (Å²) in [6.45, 7) is 0.481. The van der Waals surface area contributed by atoms with Crippen LogP contribution in [0.4, 0.5) is 11.4 Å². The largest absolute Gasteiger partial charge is 0.378 e. The molecule has 3 aromatic rings. The third-order valence-electron chi connectivity index (χ3n) is 4.66. The van der Waals surface area contributed by atoms with E-state index in [4.69, 9.17) is 0 Å². The molecule has 1 N–H and O–H groups in total. The predicted molar refractivity (Wildman–Crippen MR) is 120 cm³/mol. The minimum absolute atomic E-state index is 0.135. The number of sulfonamides is 1. The maximum Gasteiger partial charge on any atom is 0.261 e. The number of amides is 1. The molecule has 0 aliphatic heterocycles. The topological polar surface area (TPSA) is 69.7 Å². The van der Waals surface area contributed by atoms with Gasteiger partial charge in [0.2, 0.25) is 0 Å². The van der Waals surface area contributed by atoms with Crippen LogP contribution in [0.2, 0.25) is 0 Å². The molecule has 0 heterocycles. The van der Waals surface area contributed by atoms with Crippen LogP contribution < -0.4 is 9.62 Å². The molecule has 0 aliphatic rings. The molecule has 3 aromatic carbocycles. The van der Waals surface area contributed by atoms with Gasteiger partial charge >= 0.3 is 0 Å². The molecule has 0 aliphatic carbocycles. The lowest BCUT2D eigenvalue weighted by Crippen LogP contribution is -2.26. The number of anilines is 2. The van der Waals surface area contributed by atoms with Crippen LogP contribution in [0.15, 0.2) is 83.8 Å². The summed E-state index contributed by atoms with van der Waals surface area (Å²) < 4.78 is 27.3. The van der Waals surface area contributed by atoms with Gasteiger partial charge < -0.3 is 9.80 Å². The van der Waals surface area contributed by atoms with E-state index < -0.39 is 10.0 Å². The molecule has 0 radical (unpaired) electrons. The zero-order valence-electron chi connectivity index (χ0n) is 17.2. The molecule has 0 saturated heterocycles. The summed E-state index contributed by atoms with van der Waals surface area (Å²) in [5, 5.41) is 0. The van der Waals surface area contributed by atoms with Crippen molar-refractivity contribution >= 4 is 27.3 Å². The maximum absolute atomic E-state index is 12.7. The van der Waals surface area contributed by atoms with Crippen molar-refractivity contribution in [2.75, 3.05) is 30.8 Å². The zero-order chi connectivity index (χ0) is 21.7. The number of benzene rings is 3. The summed E-state index contributed by atoms with van der Waals surface area (Å²) in [7, 11) is 2.04. The first-order valence-electron chi connectivity index (χ1n) is 9.46. The van der Waals surface area contributed by atoms with Crippen LogP contribution in [0.5, 0.6) is 0 Å². The molecule has 0 bridgehead atoms. The second-order valence-corrected chi connectivity index (χ2v) is 8.90. The Morgan fingerprint density at radius 2 is 1.43 bits per heavy atom. The van der Waals surface area contributed by atoms with Crippen molar-refractivity contribution in [1.82, 2.24) is 4.90 Å². The van der Waals surface area contributed by atoms with Crippen molar-refractivity contribution in [3.05, 3.63) is 90.0 Å². The molecule has 6 nitrogen and oxygen atoms in total. The Morgan fingerprint density at radius 1 is 0.833 bits per heavy atom. The molecule has 0 atom stereocenters. The first-order chi connectivity index (χ1) is 14.3. The summed E-state index contributed by atoms with van der Waals surface area (Å²) in [5.41, 5.74) is 3.02. The van der Waals surface area contributed by atoms with Crippen LogP contribution in [-0.4, -0.2) is 40.4 Å². The molecule has 0 aromatic heterocycles. The number of hydrogen-bond donors (Lipinski definition) is 1. The van der Waals surface area contributed by atoms with E-state index in [0.717, 1.165) is 11.3 Å². The maximum atomic E-state index is 12.7. The first-order valence-corrected chi connectivity index (χ1v) is 10.9. The van der Waals surface area contributed by atoms with Crippen molar-refractivity contribution in [2.45, 2.75) is 11.4 Å². The van der Waals surface area contributed by atoms with Crippen molar-refractivity contribution in [3.63, 3.8) is 0 Å². The summed E-state index contributed by atoms with van der Waals surface area (Å²) in [6.07, 6.45) is 0. The molecule has 7 heteroatoms. The second-order valence-electron chi connectivity index (χ2n) is 7.22. The number of nitrogens with zero attached hydrogens (tertiary/aromatic N) is 2. The van der Waals surface area contributed by atoms with E-state index in [0.29, 0.717) is 17.8 Å². The van der Waals surface area contributed by atoms with Crippen molar-refractivity contribution in [3.8, 4) is 0 Å². The number of rotatable bonds is 7. The minimum Gasteiger partial charge on any atom is -0.378 e. The van der Waals surface area contributed by atoms with Crippen LogP contribution in [0.3, 0.4) is 0 Å². The van der Waals surface area contributed by atoms with E-state index in [1.165, 1.54) is 12.1 Å². The Balaban J connectivity index is 1.65. The Kier molecular flexibility index (Phi) is 6.42. The Hall–Kier alpha value is -3.32. The standard InChI is InChI=1S/C23H25N3O3S/c1-25(2)21-15-9-18(10-16-21)17-26(3)23(27)19-11-13-20(14-12-19)24-30(28,29)22-7-5-4-6-8-22/h4-16,24H,17H2,1-3H3. The van der Waals surface area contributed by atoms with Crippen LogP contribution in [0.25, 0.3) is 0 Å². The van der Waals surface area contributed by atoms with Crippen molar-refractivity contribution in [1.29, 1.82) is 0 Å². The lowest BCUT2D eigenvalue weighted by atomic mass is 10.1. The van der Waals surface area contributed by atoms with Gasteiger partial charge in [-0.3, -0.25) is 9.52 Å². The van der Waals surface area contributed by atoms with Crippen LogP contribution in [-0.2, 0) is 16.6 Å². The van der Waals surface area contributed by atoms with Gasteiger partial charge in [-0.15, -0.1) is 0 Å². The van der Waals surface area contributed by atoms with Crippen LogP contribution in [0, 0.1) is 0 Å². The summed E-state index contributed by atoms with van der Waals surface area (Å²) in [5.74, 6) is -0.135. The van der Waals surface area contributed by atoms with E-state index in [9.17, 15) is 13.2 Å². The van der Waals surface area contributed by atoms with Crippen LogP contribution >= 0.6 is 0 Å². The highest BCUT2D eigenvalue weighted by Gasteiger charge is 2.15. The molecule has 0 fully saturated rings. The highest BCUT2D eigenvalue weighted by molar-refractivity contribution is 7.92. The third kappa shape index (κ3) is 5.18. The van der Waals surface area contributed by atoms with E-state index in [1.807, 2.05) is 43.3 Å². The number of carbonyl (C=O) groups excluding carboxylic acids is 1. The smallest absolute Gasteiger partial charge is 0.261 e. The SMILES string of the molecule is CN(Cc1ccc(N(C)C)cc1)C(=O)c1ccc(NS(=O)(=O)c2ccccc2)cc1. The molecular formula is C23H25N3O3S. The Bertz CT molecular complexity index is 1090. The molecule has 0 saturated carbocycles. The Morgan fingerprint density at radius 3 is 2.00 bits per heavy atom. The molecule has 156 valence electrons. The molecule has 0 unspecified atom stereocenters. The predicted octanol–water partition coefficient (Wildman–Crippen LogP) is 3.83. The minimum atomic E-state index is -3.66. The number of hydrogen-bond acceptors (Lipinski definition) is 4. The highest BCUT2D eigenvalue weighted by Crippen LogP contribution is 2.18. The van der Waals surface area contributed by atoms with Gasteiger partial charge in [0.15, 0.2) is 0 Å². The second kappa shape index (κ2) is 9.00. The van der Waals surface area contributed by atoms with Crippen molar-refractivity contribution < 1.29 is 13.2 Å². The summed E-state index contributed by atoms with van der Waals surface area (Å²) >= 11 is 0. The zero-order valence-corrected chi connectivity index (χ0v) is 18.1. The van der Waals surface area contributed by atoms with E-state index >= 15 is 0 Å². The fraction of sp³-hybridized carbons (Fsp3) is 0.174. The number of nitrogens with one attached hydrogen (secondary N) is 1. The van der Waals surface area contributed by atoms with E-state index in [-0.39, 0.29) is 10.8 Å². The average molecular weight is 424 g/mol. The van der Waals surface area contributed by atoms with Crippen molar-refractivity contribution in [2.24, 2.45) is 0 Å². The molecule has 3 rings (SSSR count). The fourth-order valence-electron chi connectivity index (χ4n) is 2.96. The van der Waals surface area contributed by atoms with Gasteiger partial charge in [0.25, 0.3) is 15.9 Å². The van der Waals surface area contributed by atoms with Crippen LogP contribution in [0.1, 0.15) is 15.9 Å². The third-order valence-corrected chi connectivity index (χ3v) is 6.05. The van der Waals surface area contributed by atoms with Gasteiger partial charge in [0, 0.05) is 44.6 Å². The molecular weight excluding hydrogens is 398 g/mol. The van der Waals surface area contributed by atoms with Gasteiger partial charge in [-0.25, -0.2) is 8.42 Å². The van der Waals surface area contributed by atoms with Gasteiger partial charge in [0.05, 0.1) is 4.90 Å². The summed E-state index contributed by atoms with van der Waals surface area (Å²) in [6, 6.07) is 22.6. The van der Waals surface area contributed by atoms with Gasteiger partial charge in [0.1, 0.15) is 0 Å². The van der Waals surface area contributed by atoms with Gasteiger partial charge in [-0.1, -0.05) is 30.3 Å². The number of carbonyl (C=O) groups is 1. The first kappa shape index (κ1) is 21.4. The lowest BCUT2D eigenvalue weighted by Gasteiger charge is -2.19. The molecule has 1 amide bonds. The van der Waals surface area contributed by atoms with E-state index in [1.54, 1.807) is 54.4 Å². The quantitative estimate of drug-likeness (QED) is 0.627. The average Bonchev–Trinajstić information content (AvgIpc) is 2.74. The lowest BCUT2D eigenvalue weighted by molar-refractivity contribution is 0.0785. The Labute approximate surface area is 177 Å². The monoisotopic (exact) mass is 423 g/mol. The molecule has 30 heavy (non-hydrogen) atoms. The summed E-state index contributed by atoms with van der Waals surface area (Å²) in [4.78, 5) is 16.6. The molecule has 0 spiro atoms. The normalized spacial score (nSPS) is 11.0. The van der Waals surface area contributed by atoms with Gasteiger partial charge in [-0.2, -0.15) is 0 Å².